The maximum absolute atomic E-state index is 13.3. The van der Waals surface area contributed by atoms with Gasteiger partial charge >= 0.3 is 5.97 Å². The van der Waals surface area contributed by atoms with Crippen molar-refractivity contribution in [2.24, 2.45) is 0 Å². The van der Waals surface area contributed by atoms with Crippen molar-refractivity contribution in [2.45, 2.75) is 52.4 Å². The Labute approximate surface area is 238 Å². The average molecular weight is 549 g/mol. The first-order valence-corrected chi connectivity index (χ1v) is 13.8. The van der Waals surface area contributed by atoms with Gasteiger partial charge in [0.1, 0.15) is 5.75 Å². The molecule has 208 valence electrons. The van der Waals surface area contributed by atoms with Crippen LogP contribution in [0.25, 0.3) is 32.9 Å². The van der Waals surface area contributed by atoms with Crippen LogP contribution in [0.2, 0.25) is 0 Å². The van der Waals surface area contributed by atoms with E-state index in [-0.39, 0.29) is 5.56 Å². The summed E-state index contributed by atoms with van der Waals surface area (Å²) >= 11 is 0. The standard InChI is InChI=1S/C34H32N2O5/c1-20-18-25-23(11-13-27(37)36(25)19-21-8-6-5-7-9-21)30(28(20)32(33(38)39)41-34(2,3)4)24-10-12-26-29-22(15-17-40-26)14-16-35-31(24)29/h5-14,16,18,32H,15,17,19H2,1-4H3,(H,38,39). The van der Waals surface area contributed by atoms with E-state index in [4.69, 9.17) is 14.5 Å². The molecule has 1 aliphatic heterocycles. The highest BCUT2D eigenvalue weighted by Crippen LogP contribution is 2.45. The maximum atomic E-state index is 13.3. The van der Waals surface area contributed by atoms with Crippen molar-refractivity contribution in [3.63, 3.8) is 0 Å². The molecule has 5 aromatic rings. The Morgan fingerprint density at radius 2 is 1.88 bits per heavy atom. The summed E-state index contributed by atoms with van der Waals surface area (Å²) in [6.45, 7) is 8.39. The van der Waals surface area contributed by atoms with Crippen molar-refractivity contribution in [2.75, 3.05) is 6.61 Å². The topological polar surface area (TPSA) is 90.7 Å². The number of aromatic nitrogens is 2. The predicted molar refractivity (Wildman–Crippen MR) is 160 cm³/mol. The van der Waals surface area contributed by atoms with Gasteiger partial charge in [-0.25, -0.2) is 4.79 Å². The number of rotatable bonds is 6. The molecule has 0 aliphatic carbocycles. The van der Waals surface area contributed by atoms with Crippen LogP contribution in [0.3, 0.4) is 0 Å². The number of carboxylic acids is 1. The number of benzene rings is 3. The number of hydrogen-bond donors (Lipinski definition) is 1. The fourth-order valence-electron chi connectivity index (χ4n) is 5.83. The number of aryl methyl sites for hydroxylation is 1. The summed E-state index contributed by atoms with van der Waals surface area (Å²) < 4.78 is 13.9. The van der Waals surface area contributed by atoms with E-state index in [1.807, 2.05) is 82.3 Å². The van der Waals surface area contributed by atoms with Crippen LogP contribution < -0.4 is 10.3 Å². The monoisotopic (exact) mass is 548 g/mol. The summed E-state index contributed by atoms with van der Waals surface area (Å²) in [5.41, 5.74) is 5.45. The van der Waals surface area contributed by atoms with E-state index in [0.29, 0.717) is 35.4 Å². The molecule has 0 fully saturated rings. The number of ether oxygens (including phenoxy) is 2. The molecule has 2 aromatic heterocycles. The van der Waals surface area contributed by atoms with Gasteiger partial charge in [-0.15, -0.1) is 0 Å². The molecule has 41 heavy (non-hydrogen) atoms. The van der Waals surface area contributed by atoms with Crippen LogP contribution in [0.1, 0.15) is 49.1 Å². The number of hydrogen-bond acceptors (Lipinski definition) is 5. The summed E-state index contributed by atoms with van der Waals surface area (Å²) in [7, 11) is 0. The number of pyridine rings is 2. The molecule has 1 N–H and O–H groups in total. The maximum Gasteiger partial charge on any atom is 0.337 e. The van der Waals surface area contributed by atoms with Crippen LogP contribution in [0.15, 0.2) is 77.7 Å². The molecule has 1 unspecified atom stereocenters. The van der Waals surface area contributed by atoms with Gasteiger partial charge in [0.25, 0.3) is 5.56 Å². The van der Waals surface area contributed by atoms with Crippen molar-refractivity contribution in [3.05, 3.63) is 106 Å². The molecule has 3 aromatic carbocycles. The van der Waals surface area contributed by atoms with Gasteiger partial charge in [-0.05, 0) is 80.3 Å². The molecule has 0 radical (unpaired) electrons. The quantitative estimate of drug-likeness (QED) is 0.262. The highest BCUT2D eigenvalue weighted by atomic mass is 16.5. The van der Waals surface area contributed by atoms with Crippen molar-refractivity contribution >= 4 is 27.8 Å². The van der Waals surface area contributed by atoms with Crippen molar-refractivity contribution in [1.82, 2.24) is 9.55 Å². The Bertz CT molecular complexity index is 1860. The molecular weight excluding hydrogens is 516 g/mol. The van der Waals surface area contributed by atoms with E-state index in [0.717, 1.165) is 45.1 Å². The fraction of sp³-hybridized carbons (Fsp3) is 0.265. The first-order chi connectivity index (χ1) is 19.6. The highest BCUT2D eigenvalue weighted by molar-refractivity contribution is 6.08. The van der Waals surface area contributed by atoms with E-state index in [1.165, 1.54) is 0 Å². The Kier molecular flexibility index (Phi) is 6.62. The van der Waals surface area contributed by atoms with Crippen LogP contribution in [-0.2, 0) is 22.5 Å². The predicted octanol–water partition coefficient (Wildman–Crippen LogP) is 6.45. The molecule has 0 bridgehead atoms. The SMILES string of the molecule is Cc1cc2c(ccc(=O)n2Cc2ccccc2)c(-c2ccc3c4c(ccnc24)CCO3)c1C(OC(C)(C)C)C(=O)O. The molecular formula is C34H32N2O5. The lowest BCUT2D eigenvalue weighted by Gasteiger charge is -2.29. The van der Waals surface area contributed by atoms with E-state index in [9.17, 15) is 14.7 Å². The lowest BCUT2D eigenvalue weighted by atomic mass is 9.86. The molecule has 0 saturated carbocycles. The van der Waals surface area contributed by atoms with Gasteiger partial charge < -0.3 is 19.1 Å². The number of aliphatic carboxylic acids is 1. The molecule has 0 saturated heterocycles. The second kappa shape index (κ2) is 10.2. The summed E-state index contributed by atoms with van der Waals surface area (Å²) in [6.07, 6.45) is 1.31. The van der Waals surface area contributed by atoms with Crippen LogP contribution in [0, 0.1) is 6.92 Å². The minimum absolute atomic E-state index is 0.136. The van der Waals surface area contributed by atoms with Crippen LogP contribution >= 0.6 is 0 Å². The molecule has 6 rings (SSSR count). The molecule has 1 atom stereocenters. The molecule has 7 nitrogen and oxygen atoms in total. The van der Waals surface area contributed by atoms with E-state index >= 15 is 0 Å². The largest absolute Gasteiger partial charge is 0.493 e. The van der Waals surface area contributed by atoms with Gasteiger partial charge in [-0.2, -0.15) is 0 Å². The molecule has 3 heterocycles. The number of carbonyl (C=O) groups is 1. The Morgan fingerprint density at radius 1 is 1.10 bits per heavy atom. The molecule has 7 heteroatoms. The lowest BCUT2D eigenvalue weighted by molar-refractivity contribution is -0.160. The summed E-state index contributed by atoms with van der Waals surface area (Å²) in [5, 5.41) is 12.2. The van der Waals surface area contributed by atoms with Gasteiger partial charge in [0, 0.05) is 40.6 Å². The van der Waals surface area contributed by atoms with Gasteiger partial charge in [0.05, 0.1) is 29.8 Å². The van der Waals surface area contributed by atoms with Crippen molar-refractivity contribution in [1.29, 1.82) is 0 Å². The van der Waals surface area contributed by atoms with Gasteiger partial charge in [0.2, 0.25) is 0 Å². The zero-order valence-electron chi connectivity index (χ0n) is 23.6. The van der Waals surface area contributed by atoms with Gasteiger partial charge in [0.15, 0.2) is 6.10 Å². The number of carboxylic acid groups (broad SMARTS) is 1. The fourth-order valence-corrected chi connectivity index (χ4v) is 5.83. The third-order valence-electron chi connectivity index (χ3n) is 7.52. The second-order valence-corrected chi connectivity index (χ2v) is 11.5. The van der Waals surface area contributed by atoms with Crippen LogP contribution in [-0.4, -0.2) is 32.8 Å². The van der Waals surface area contributed by atoms with Crippen LogP contribution in [0.5, 0.6) is 5.75 Å². The Balaban J connectivity index is 1.73. The first-order valence-electron chi connectivity index (χ1n) is 13.8. The van der Waals surface area contributed by atoms with E-state index < -0.39 is 17.7 Å². The highest BCUT2D eigenvalue weighted by Gasteiger charge is 2.33. The van der Waals surface area contributed by atoms with E-state index in [2.05, 4.69) is 0 Å². The van der Waals surface area contributed by atoms with E-state index in [1.54, 1.807) is 22.9 Å². The molecule has 1 aliphatic rings. The third-order valence-corrected chi connectivity index (χ3v) is 7.52. The lowest BCUT2D eigenvalue weighted by Crippen LogP contribution is -2.28. The number of nitrogens with zero attached hydrogens (tertiary/aromatic N) is 2. The van der Waals surface area contributed by atoms with Crippen molar-refractivity contribution < 1.29 is 19.4 Å². The zero-order chi connectivity index (χ0) is 28.9. The zero-order valence-corrected chi connectivity index (χ0v) is 23.6. The Hall–Kier alpha value is -4.49. The summed E-state index contributed by atoms with van der Waals surface area (Å²) in [4.78, 5) is 30.9. The minimum Gasteiger partial charge on any atom is -0.493 e. The summed E-state index contributed by atoms with van der Waals surface area (Å²) in [5.74, 6) is -0.321. The van der Waals surface area contributed by atoms with Gasteiger partial charge in [-0.3, -0.25) is 9.78 Å². The summed E-state index contributed by atoms with van der Waals surface area (Å²) in [6, 6.07) is 20.9. The molecule has 0 spiro atoms. The number of fused-ring (bicyclic) bond motifs is 1. The average Bonchev–Trinajstić information content (AvgIpc) is 2.94. The smallest absolute Gasteiger partial charge is 0.337 e. The normalized spacial score (nSPS) is 13.8. The van der Waals surface area contributed by atoms with Crippen molar-refractivity contribution in [3.8, 4) is 16.9 Å². The van der Waals surface area contributed by atoms with Crippen LogP contribution in [0.4, 0.5) is 0 Å². The van der Waals surface area contributed by atoms with Gasteiger partial charge in [-0.1, -0.05) is 30.3 Å². The third kappa shape index (κ3) is 4.87. The minimum atomic E-state index is -1.24. The molecule has 0 amide bonds. The Morgan fingerprint density at radius 3 is 2.61 bits per heavy atom. The second-order valence-electron chi connectivity index (χ2n) is 11.5. The first kappa shape index (κ1) is 26.7.